The second-order valence-electron chi connectivity index (χ2n) is 5.23. The minimum Gasteiger partial charge on any atom is -0.354 e. The van der Waals surface area contributed by atoms with Gasteiger partial charge in [-0.05, 0) is 24.3 Å². The van der Waals surface area contributed by atoms with Crippen LogP contribution in [-0.2, 0) is 17.8 Å². The summed E-state index contributed by atoms with van der Waals surface area (Å²) < 4.78 is 1.54. The van der Waals surface area contributed by atoms with Crippen LogP contribution in [0.15, 0.2) is 34.7 Å². The number of nitrogens with one attached hydrogen (secondary N) is 1. The number of nitrogens with zero attached hydrogens (tertiary/aromatic N) is 2. The van der Waals surface area contributed by atoms with Crippen LogP contribution in [-0.4, -0.2) is 22.0 Å². The number of hydrogen-bond acceptors (Lipinski definition) is 4. The van der Waals surface area contributed by atoms with E-state index in [0.29, 0.717) is 25.4 Å². The Morgan fingerprint density at radius 2 is 2.33 bits per heavy atom. The summed E-state index contributed by atoms with van der Waals surface area (Å²) in [5.74, 6) is 0.464. The molecule has 2 aromatic rings. The lowest BCUT2D eigenvalue weighted by Crippen LogP contribution is -2.31. The number of thiophene rings is 1. The summed E-state index contributed by atoms with van der Waals surface area (Å²) >= 11 is 1.57. The second-order valence-corrected chi connectivity index (χ2v) is 6.26. The van der Waals surface area contributed by atoms with Crippen LogP contribution in [0.4, 0.5) is 0 Å². The molecule has 3 rings (SSSR count). The van der Waals surface area contributed by atoms with Gasteiger partial charge in [0, 0.05) is 30.0 Å². The maximum absolute atomic E-state index is 11.9. The van der Waals surface area contributed by atoms with E-state index >= 15 is 0 Å². The summed E-state index contributed by atoms with van der Waals surface area (Å²) in [5, 5.41) is 4.78. The molecule has 0 radical (unpaired) electrons. The van der Waals surface area contributed by atoms with E-state index in [-0.39, 0.29) is 11.5 Å². The zero-order chi connectivity index (χ0) is 14.7. The van der Waals surface area contributed by atoms with Gasteiger partial charge in [0.1, 0.15) is 0 Å². The minimum atomic E-state index is -0.0422. The molecule has 1 amide bonds. The van der Waals surface area contributed by atoms with Gasteiger partial charge in [0.25, 0.3) is 5.56 Å². The predicted octanol–water partition coefficient (Wildman–Crippen LogP) is 1.54. The molecule has 21 heavy (non-hydrogen) atoms. The summed E-state index contributed by atoms with van der Waals surface area (Å²) in [7, 11) is 0. The van der Waals surface area contributed by atoms with Crippen LogP contribution in [0.2, 0.25) is 0 Å². The van der Waals surface area contributed by atoms with Crippen LogP contribution in [0, 0.1) is 0 Å². The van der Waals surface area contributed by atoms with Crippen molar-refractivity contribution in [2.45, 2.75) is 31.7 Å². The fraction of sp³-hybridized carbons (Fsp3) is 0.400. The predicted molar refractivity (Wildman–Crippen MR) is 81.5 cm³/mol. The van der Waals surface area contributed by atoms with E-state index < -0.39 is 0 Å². The highest BCUT2D eigenvalue weighted by Crippen LogP contribution is 2.38. The van der Waals surface area contributed by atoms with Crippen molar-refractivity contribution in [3.63, 3.8) is 0 Å². The van der Waals surface area contributed by atoms with E-state index in [2.05, 4.69) is 10.3 Å². The average Bonchev–Trinajstić information content (AvgIpc) is 3.19. The van der Waals surface area contributed by atoms with Crippen LogP contribution < -0.4 is 10.9 Å². The summed E-state index contributed by atoms with van der Waals surface area (Å²) in [4.78, 5) is 29.0. The normalized spacial score (nSPS) is 14.1. The molecular weight excluding hydrogens is 286 g/mol. The van der Waals surface area contributed by atoms with Gasteiger partial charge in [-0.15, -0.1) is 11.3 Å². The summed E-state index contributed by atoms with van der Waals surface area (Å²) in [6.45, 7) is 0.890. The van der Waals surface area contributed by atoms with Gasteiger partial charge in [-0.2, -0.15) is 0 Å². The maximum atomic E-state index is 11.9. The molecule has 1 aliphatic rings. The standard InChI is InChI=1S/C15H17N3O2S/c19-14(8-12-2-1-7-21-12)16-5-6-18-10-17-13(9-15(18)20)11-3-4-11/h1-2,7,9-11H,3-6,8H2,(H,16,19). The zero-order valence-corrected chi connectivity index (χ0v) is 12.4. The molecule has 0 bridgehead atoms. The first kappa shape index (κ1) is 14.0. The molecule has 0 saturated heterocycles. The van der Waals surface area contributed by atoms with Gasteiger partial charge >= 0.3 is 0 Å². The number of carbonyl (C=O) groups excluding carboxylic acids is 1. The lowest BCUT2D eigenvalue weighted by atomic mass is 10.3. The van der Waals surface area contributed by atoms with Gasteiger partial charge in [0.15, 0.2) is 0 Å². The largest absolute Gasteiger partial charge is 0.354 e. The third-order valence-electron chi connectivity index (χ3n) is 3.49. The number of hydrogen-bond donors (Lipinski definition) is 1. The summed E-state index contributed by atoms with van der Waals surface area (Å²) in [5.41, 5.74) is 0.859. The Balaban J connectivity index is 1.48. The third kappa shape index (κ3) is 3.78. The van der Waals surface area contributed by atoms with E-state index in [1.807, 2.05) is 17.5 Å². The monoisotopic (exact) mass is 303 g/mol. The maximum Gasteiger partial charge on any atom is 0.253 e. The van der Waals surface area contributed by atoms with E-state index in [4.69, 9.17) is 0 Å². The Morgan fingerprint density at radius 1 is 1.48 bits per heavy atom. The molecule has 0 aromatic carbocycles. The van der Waals surface area contributed by atoms with Crippen molar-refractivity contribution < 1.29 is 4.79 Å². The van der Waals surface area contributed by atoms with Gasteiger partial charge in [0.05, 0.1) is 18.4 Å². The van der Waals surface area contributed by atoms with E-state index in [1.165, 1.54) is 4.57 Å². The molecule has 0 unspecified atom stereocenters. The first-order valence-corrected chi connectivity index (χ1v) is 7.96. The second kappa shape index (κ2) is 6.22. The number of aromatic nitrogens is 2. The Morgan fingerprint density at radius 3 is 3.00 bits per heavy atom. The fourth-order valence-electron chi connectivity index (χ4n) is 2.16. The number of carbonyl (C=O) groups is 1. The van der Waals surface area contributed by atoms with Crippen molar-refractivity contribution in [2.24, 2.45) is 0 Å². The first-order valence-electron chi connectivity index (χ1n) is 7.08. The molecule has 0 atom stereocenters. The fourth-order valence-corrected chi connectivity index (χ4v) is 2.86. The molecule has 5 nitrogen and oxygen atoms in total. The molecule has 110 valence electrons. The Bertz CT molecular complexity index is 674. The Kier molecular flexibility index (Phi) is 4.15. The SMILES string of the molecule is O=C(Cc1cccs1)NCCn1cnc(C2CC2)cc1=O. The molecule has 6 heteroatoms. The van der Waals surface area contributed by atoms with Gasteiger partial charge in [-0.3, -0.25) is 14.2 Å². The molecule has 1 fully saturated rings. The van der Waals surface area contributed by atoms with Crippen molar-refractivity contribution in [2.75, 3.05) is 6.54 Å². The lowest BCUT2D eigenvalue weighted by Gasteiger charge is -2.07. The van der Waals surface area contributed by atoms with Crippen LogP contribution in [0.3, 0.4) is 0 Å². The quantitative estimate of drug-likeness (QED) is 0.880. The molecule has 1 aliphatic carbocycles. The molecule has 0 spiro atoms. The highest BCUT2D eigenvalue weighted by Gasteiger charge is 2.25. The van der Waals surface area contributed by atoms with Gasteiger partial charge in [-0.25, -0.2) is 4.98 Å². The average molecular weight is 303 g/mol. The first-order chi connectivity index (χ1) is 10.2. The number of amides is 1. The zero-order valence-electron chi connectivity index (χ0n) is 11.6. The van der Waals surface area contributed by atoms with Crippen molar-refractivity contribution in [1.29, 1.82) is 0 Å². The van der Waals surface area contributed by atoms with E-state index in [1.54, 1.807) is 23.7 Å². The van der Waals surface area contributed by atoms with Gasteiger partial charge in [0.2, 0.25) is 5.91 Å². The molecule has 1 saturated carbocycles. The van der Waals surface area contributed by atoms with Crippen molar-refractivity contribution in [3.05, 3.63) is 50.8 Å². The smallest absolute Gasteiger partial charge is 0.253 e. The third-order valence-corrected chi connectivity index (χ3v) is 4.36. The Labute approximate surface area is 126 Å². The molecule has 2 aromatic heterocycles. The minimum absolute atomic E-state index is 0.0203. The van der Waals surface area contributed by atoms with Crippen LogP contribution >= 0.6 is 11.3 Å². The Hall–Kier alpha value is -1.95. The van der Waals surface area contributed by atoms with Gasteiger partial charge in [-0.1, -0.05) is 6.07 Å². The highest BCUT2D eigenvalue weighted by atomic mass is 32.1. The summed E-state index contributed by atoms with van der Waals surface area (Å²) in [6.07, 6.45) is 4.25. The van der Waals surface area contributed by atoms with E-state index in [9.17, 15) is 9.59 Å². The van der Waals surface area contributed by atoms with E-state index in [0.717, 1.165) is 23.4 Å². The van der Waals surface area contributed by atoms with Crippen LogP contribution in [0.25, 0.3) is 0 Å². The van der Waals surface area contributed by atoms with Crippen molar-refractivity contribution >= 4 is 17.2 Å². The van der Waals surface area contributed by atoms with Gasteiger partial charge < -0.3 is 5.32 Å². The molecule has 1 N–H and O–H groups in total. The summed E-state index contributed by atoms with van der Waals surface area (Å²) in [6, 6.07) is 5.49. The molecular formula is C15H17N3O2S. The van der Waals surface area contributed by atoms with Crippen molar-refractivity contribution in [1.82, 2.24) is 14.9 Å². The van der Waals surface area contributed by atoms with Crippen LogP contribution in [0.5, 0.6) is 0 Å². The lowest BCUT2D eigenvalue weighted by molar-refractivity contribution is -0.120. The molecule has 2 heterocycles. The van der Waals surface area contributed by atoms with Crippen molar-refractivity contribution in [3.8, 4) is 0 Å². The highest BCUT2D eigenvalue weighted by molar-refractivity contribution is 7.10. The topological polar surface area (TPSA) is 64.0 Å². The number of rotatable bonds is 6. The molecule has 0 aliphatic heterocycles. The van der Waals surface area contributed by atoms with Crippen LogP contribution in [0.1, 0.15) is 29.3 Å².